The Morgan fingerprint density at radius 1 is 0.583 bits per heavy atom. The topological polar surface area (TPSA) is 202 Å². The minimum absolute atomic E-state index is 0.679. The van der Waals surface area contributed by atoms with Crippen molar-refractivity contribution in [2.45, 2.75) is 37.9 Å². The minimum atomic E-state index is -2.42. The summed E-state index contributed by atoms with van der Waals surface area (Å²) in [5, 5.41) is 34.6. The van der Waals surface area contributed by atoms with Gasteiger partial charge in [-0.1, -0.05) is 0 Å². The number of rotatable bonds is 11. The first kappa shape index (κ1) is 20.8. The zero-order chi connectivity index (χ0) is 18.9. The first-order valence-corrected chi connectivity index (χ1v) is 6.32. The molecule has 0 bridgehead atoms. The van der Waals surface area contributed by atoms with Crippen LogP contribution in [0.3, 0.4) is 0 Å². The molecule has 0 spiro atoms. The van der Waals surface area contributed by atoms with Crippen LogP contribution < -0.4 is 0 Å². The number of esters is 2. The molecule has 0 aromatic heterocycles. The maximum atomic E-state index is 11.3. The van der Waals surface area contributed by atoms with E-state index in [0.29, 0.717) is 0 Å². The summed E-state index contributed by atoms with van der Waals surface area (Å²) in [5.74, 6) is -9.27. The van der Waals surface area contributed by atoms with Gasteiger partial charge in [0.25, 0.3) is 0 Å². The smallest absolute Gasteiger partial charge is 0.349 e. The van der Waals surface area contributed by atoms with E-state index in [-0.39, 0.29) is 0 Å². The minimum Gasteiger partial charge on any atom is -0.481 e. The van der Waals surface area contributed by atoms with E-state index in [1.807, 2.05) is 0 Å². The van der Waals surface area contributed by atoms with Gasteiger partial charge in [-0.3, -0.25) is 19.2 Å². The molecule has 4 N–H and O–H groups in total. The lowest BCUT2D eigenvalue weighted by atomic mass is 10.2. The molecular weight excluding hydrogens is 336 g/mol. The van der Waals surface area contributed by atoms with Crippen molar-refractivity contribution in [2.24, 2.45) is 0 Å². The Morgan fingerprint density at radius 3 is 1.08 bits per heavy atom. The Kier molecular flexibility index (Phi) is 8.47. The van der Waals surface area contributed by atoms with E-state index in [4.69, 9.17) is 20.4 Å². The monoisotopic (exact) mass is 350 g/mol. The van der Waals surface area contributed by atoms with Crippen molar-refractivity contribution in [3.05, 3.63) is 0 Å². The highest BCUT2D eigenvalue weighted by atomic mass is 16.6. The predicted molar refractivity (Wildman–Crippen MR) is 68.8 cm³/mol. The molecule has 0 rings (SSSR count). The molecule has 12 nitrogen and oxygen atoms in total. The van der Waals surface area contributed by atoms with Gasteiger partial charge in [-0.15, -0.1) is 0 Å². The number of carbonyl (C=O) groups excluding carboxylic acids is 2. The normalized spacial score (nSPS) is 12.5. The average molecular weight is 350 g/mol. The highest BCUT2D eigenvalue weighted by Crippen LogP contribution is 2.10. The van der Waals surface area contributed by atoms with Gasteiger partial charge in [-0.05, 0) is 0 Å². The lowest BCUT2D eigenvalue weighted by Gasteiger charge is -2.20. The number of hydrogen-bond donors (Lipinski definition) is 4. The predicted octanol–water partition coefficient (Wildman–Crippen LogP) is -1.29. The molecule has 2 atom stereocenters. The SMILES string of the molecule is O=C(O)CCC(=O)O[C@@H](C(=O)O)[C@@H](OC(=O)CCC(=O)O)C(=O)O. The summed E-state index contributed by atoms with van der Waals surface area (Å²) < 4.78 is 8.67. The van der Waals surface area contributed by atoms with Crippen molar-refractivity contribution >= 4 is 35.8 Å². The first-order valence-electron chi connectivity index (χ1n) is 6.32. The number of carboxylic acids is 4. The second kappa shape index (κ2) is 9.76. The Balaban J connectivity index is 4.97. The van der Waals surface area contributed by atoms with Gasteiger partial charge in [0.1, 0.15) is 0 Å². The standard InChI is InChI=1S/C12H14O12/c13-5(14)1-3-7(17)23-9(11(19)20)10(12(21)22)24-8(18)4-2-6(15)16/h9-10H,1-4H2,(H,13,14)(H,15,16)(H,19,20)(H,21,22)/t9-,10-/m1/s1. The summed E-state index contributed by atoms with van der Waals surface area (Å²) >= 11 is 0. The van der Waals surface area contributed by atoms with Crippen LogP contribution in [0.5, 0.6) is 0 Å². The number of ether oxygens (including phenoxy) is 2. The highest BCUT2D eigenvalue weighted by Gasteiger charge is 2.40. The van der Waals surface area contributed by atoms with Gasteiger partial charge in [-0.25, -0.2) is 9.59 Å². The number of carbonyl (C=O) groups is 6. The van der Waals surface area contributed by atoms with Crippen molar-refractivity contribution in [1.29, 1.82) is 0 Å². The van der Waals surface area contributed by atoms with Gasteiger partial charge >= 0.3 is 35.8 Å². The Morgan fingerprint density at radius 2 is 0.875 bits per heavy atom. The van der Waals surface area contributed by atoms with E-state index in [0.717, 1.165) is 0 Å². The summed E-state index contributed by atoms with van der Waals surface area (Å²) in [5.41, 5.74) is 0. The van der Waals surface area contributed by atoms with Crippen molar-refractivity contribution in [1.82, 2.24) is 0 Å². The number of aliphatic carboxylic acids is 4. The van der Waals surface area contributed by atoms with Crippen LogP contribution in [0, 0.1) is 0 Å². The lowest BCUT2D eigenvalue weighted by Crippen LogP contribution is -2.45. The molecule has 0 radical (unpaired) electrons. The number of hydrogen-bond acceptors (Lipinski definition) is 8. The molecule has 0 fully saturated rings. The Bertz CT molecular complexity index is 488. The summed E-state index contributed by atoms with van der Waals surface area (Å²) in [6, 6.07) is 0. The summed E-state index contributed by atoms with van der Waals surface area (Å²) in [4.78, 5) is 65.3. The molecule has 0 saturated heterocycles. The molecule has 0 amide bonds. The maximum absolute atomic E-state index is 11.3. The fourth-order valence-corrected chi connectivity index (χ4v) is 1.30. The molecule has 12 heteroatoms. The van der Waals surface area contributed by atoms with Crippen LogP contribution >= 0.6 is 0 Å². The van der Waals surface area contributed by atoms with Gasteiger partial charge in [0, 0.05) is 0 Å². The molecule has 0 aliphatic rings. The van der Waals surface area contributed by atoms with Gasteiger partial charge in [-0.2, -0.15) is 0 Å². The number of carboxylic acid groups (broad SMARTS) is 4. The molecule has 0 heterocycles. The van der Waals surface area contributed by atoms with Crippen LogP contribution in [-0.2, 0) is 38.2 Å². The fourth-order valence-electron chi connectivity index (χ4n) is 1.30. The Labute approximate surface area is 133 Å². The van der Waals surface area contributed by atoms with Gasteiger partial charge in [0.05, 0.1) is 25.7 Å². The second-order valence-corrected chi connectivity index (χ2v) is 4.28. The summed E-state index contributed by atoms with van der Waals surface area (Å²) in [6.07, 6.45) is -7.64. The largest absolute Gasteiger partial charge is 0.481 e. The quantitative estimate of drug-likeness (QED) is 0.321. The van der Waals surface area contributed by atoms with Crippen LogP contribution in [0.15, 0.2) is 0 Å². The molecular formula is C12H14O12. The third kappa shape index (κ3) is 8.31. The Hall–Kier alpha value is -3.18. The molecule has 0 saturated carbocycles. The molecule has 0 aliphatic heterocycles. The molecule has 0 aromatic rings. The van der Waals surface area contributed by atoms with E-state index in [1.54, 1.807) is 0 Å². The highest BCUT2D eigenvalue weighted by molar-refractivity contribution is 5.88. The van der Waals surface area contributed by atoms with Crippen LogP contribution in [0.4, 0.5) is 0 Å². The van der Waals surface area contributed by atoms with Crippen molar-refractivity contribution in [3.63, 3.8) is 0 Å². The molecule has 0 aromatic carbocycles. The van der Waals surface area contributed by atoms with E-state index in [9.17, 15) is 28.8 Å². The van der Waals surface area contributed by atoms with Crippen molar-refractivity contribution in [2.75, 3.05) is 0 Å². The van der Waals surface area contributed by atoms with Crippen LogP contribution in [0.1, 0.15) is 25.7 Å². The zero-order valence-electron chi connectivity index (χ0n) is 12.0. The van der Waals surface area contributed by atoms with Gasteiger partial charge < -0.3 is 29.9 Å². The van der Waals surface area contributed by atoms with Gasteiger partial charge in [0.15, 0.2) is 0 Å². The third-order valence-electron chi connectivity index (χ3n) is 2.36. The fraction of sp³-hybridized carbons (Fsp3) is 0.500. The van der Waals surface area contributed by atoms with Crippen LogP contribution in [0.25, 0.3) is 0 Å². The molecule has 0 unspecified atom stereocenters. The zero-order valence-corrected chi connectivity index (χ0v) is 12.0. The van der Waals surface area contributed by atoms with Crippen LogP contribution in [-0.4, -0.2) is 68.4 Å². The first-order chi connectivity index (χ1) is 11.0. The van der Waals surface area contributed by atoms with E-state index >= 15 is 0 Å². The molecule has 24 heavy (non-hydrogen) atoms. The van der Waals surface area contributed by atoms with Crippen LogP contribution in [0.2, 0.25) is 0 Å². The summed E-state index contributed by atoms with van der Waals surface area (Å²) in [6.45, 7) is 0. The van der Waals surface area contributed by atoms with Crippen molar-refractivity contribution in [3.8, 4) is 0 Å². The third-order valence-corrected chi connectivity index (χ3v) is 2.36. The van der Waals surface area contributed by atoms with E-state index < -0.39 is 73.7 Å². The molecule has 0 aliphatic carbocycles. The summed E-state index contributed by atoms with van der Waals surface area (Å²) in [7, 11) is 0. The average Bonchev–Trinajstić information content (AvgIpc) is 2.45. The van der Waals surface area contributed by atoms with Gasteiger partial charge in [0.2, 0.25) is 12.2 Å². The maximum Gasteiger partial charge on any atom is 0.349 e. The van der Waals surface area contributed by atoms with E-state index in [1.165, 1.54) is 0 Å². The lowest BCUT2D eigenvalue weighted by molar-refractivity contribution is -0.187. The van der Waals surface area contributed by atoms with E-state index in [2.05, 4.69) is 9.47 Å². The second-order valence-electron chi connectivity index (χ2n) is 4.28. The molecule has 134 valence electrons. The van der Waals surface area contributed by atoms with Crippen molar-refractivity contribution < 1.29 is 58.7 Å².